The Morgan fingerprint density at radius 2 is 1.73 bits per heavy atom. The predicted octanol–water partition coefficient (Wildman–Crippen LogP) is 5.57. The number of fused-ring (bicyclic) bond motifs is 1. The molecule has 0 unspecified atom stereocenters. The fourth-order valence-electron chi connectivity index (χ4n) is 6.26. The molecule has 0 spiro atoms. The molecule has 0 aromatic heterocycles. The van der Waals surface area contributed by atoms with Crippen molar-refractivity contribution in [2.45, 2.75) is 108 Å². The van der Waals surface area contributed by atoms with Crippen molar-refractivity contribution in [2.75, 3.05) is 38.1 Å². The zero-order valence-corrected chi connectivity index (χ0v) is 29.9. The highest BCUT2D eigenvalue weighted by atomic mass is 32.2. The maximum atomic E-state index is 14.4. The molecular weight excluding hydrogens is 632 g/mol. The Bertz CT molecular complexity index is 1460. The van der Waals surface area contributed by atoms with Gasteiger partial charge >= 0.3 is 6.03 Å². The van der Waals surface area contributed by atoms with E-state index in [9.17, 15) is 23.1 Å². The molecule has 12 heteroatoms. The number of aryl methyl sites for hydroxylation is 1. The molecule has 4 rings (SSSR count). The summed E-state index contributed by atoms with van der Waals surface area (Å²) >= 11 is 0. The van der Waals surface area contributed by atoms with Crippen LogP contribution in [0.2, 0.25) is 0 Å². The number of amides is 3. The second-order valence-corrected chi connectivity index (χ2v) is 15.3. The fourth-order valence-corrected chi connectivity index (χ4v) is 7.31. The van der Waals surface area contributed by atoms with Crippen LogP contribution in [0.15, 0.2) is 47.4 Å². The first kappa shape index (κ1) is 37.5. The number of benzene rings is 2. The number of nitrogens with zero attached hydrogens (tertiary/aromatic N) is 2. The Hall–Kier alpha value is -3.35. The lowest BCUT2D eigenvalue weighted by Gasteiger charge is -2.36. The van der Waals surface area contributed by atoms with E-state index in [1.807, 2.05) is 20.8 Å². The van der Waals surface area contributed by atoms with Crippen molar-refractivity contribution in [1.82, 2.24) is 15.1 Å². The van der Waals surface area contributed by atoms with Crippen LogP contribution in [-0.4, -0.2) is 92.9 Å². The van der Waals surface area contributed by atoms with Gasteiger partial charge in [0.15, 0.2) is 0 Å². The number of hydrogen-bond donors (Lipinski definition) is 3. The highest BCUT2D eigenvalue weighted by Gasteiger charge is 2.31. The molecule has 48 heavy (non-hydrogen) atoms. The first-order chi connectivity index (χ1) is 22.9. The molecule has 1 heterocycles. The number of ether oxygens (including phenoxy) is 2. The zero-order chi connectivity index (χ0) is 34.8. The number of urea groups is 1. The number of rotatable bonds is 8. The van der Waals surface area contributed by atoms with Crippen LogP contribution in [0.1, 0.15) is 88.1 Å². The predicted molar refractivity (Wildman–Crippen MR) is 187 cm³/mol. The lowest BCUT2D eigenvalue weighted by atomic mass is 9.96. The Morgan fingerprint density at radius 3 is 2.42 bits per heavy atom. The van der Waals surface area contributed by atoms with E-state index in [1.165, 1.54) is 24.6 Å². The van der Waals surface area contributed by atoms with E-state index in [1.54, 1.807) is 48.0 Å². The van der Waals surface area contributed by atoms with Crippen LogP contribution in [-0.2, 0) is 14.8 Å². The van der Waals surface area contributed by atoms with Gasteiger partial charge < -0.3 is 29.7 Å². The number of aliphatic hydroxyl groups excluding tert-OH is 1. The molecule has 3 N–H and O–H groups in total. The lowest BCUT2D eigenvalue weighted by Crippen LogP contribution is -2.50. The minimum absolute atomic E-state index is 0.108. The Morgan fingerprint density at radius 1 is 1.04 bits per heavy atom. The van der Waals surface area contributed by atoms with Crippen molar-refractivity contribution in [2.24, 2.45) is 5.92 Å². The maximum absolute atomic E-state index is 14.4. The van der Waals surface area contributed by atoms with E-state index < -0.39 is 22.0 Å². The molecule has 11 nitrogen and oxygen atoms in total. The second-order valence-electron chi connectivity index (χ2n) is 13.6. The number of likely N-dealkylation sites (N-methyl/N-ethyl adjacent to an activating group) is 1. The summed E-state index contributed by atoms with van der Waals surface area (Å²) in [6, 6.07) is 10.7. The van der Waals surface area contributed by atoms with Crippen LogP contribution in [0, 0.1) is 12.8 Å². The van der Waals surface area contributed by atoms with Gasteiger partial charge in [0.2, 0.25) is 0 Å². The molecule has 0 radical (unpaired) electrons. The maximum Gasteiger partial charge on any atom is 0.317 e. The molecule has 1 saturated carbocycles. The average Bonchev–Trinajstić information content (AvgIpc) is 3.06. The number of nitrogens with one attached hydrogen (secondary N) is 2. The largest absolute Gasteiger partial charge is 0.490 e. The first-order valence-corrected chi connectivity index (χ1v) is 18.8. The van der Waals surface area contributed by atoms with Gasteiger partial charge in [-0.25, -0.2) is 13.2 Å². The highest BCUT2D eigenvalue weighted by molar-refractivity contribution is 7.92. The third-order valence-electron chi connectivity index (χ3n) is 9.37. The van der Waals surface area contributed by atoms with Crippen molar-refractivity contribution in [3.05, 3.63) is 53.6 Å². The fraction of sp³-hybridized carbons (Fsp3) is 0.611. The van der Waals surface area contributed by atoms with Crippen molar-refractivity contribution in [3.63, 3.8) is 0 Å². The molecule has 1 aliphatic heterocycles. The smallest absolute Gasteiger partial charge is 0.317 e. The minimum atomic E-state index is -3.92. The zero-order valence-electron chi connectivity index (χ0n) is 29.1. The second kappa shape index (κ2) is 17.3. The number of aliphatic hydroxyl groups is 1. The van der Waals surface area contributed by atoms with E-state index in [-0.39, 0.29) is 59.5 Å². The molecule has 2 aliphatic rings. The van der Waals surface area contributed by atoms with Crippen molar-refractivity contribution in [1.29, 1.82) is 0 Å². The van der Waals surface area contributed by atoms with E-state index in [0.29, 0.717) is 18.9 Å². The van der Waals surface area contributed by atoms with Crippen LogP contribution in [0.3, 0.4) is 0 Å². The van der Waals surface area contributed by atoms with E-state index in [2.05, 4.69) is 10.0 Å². The van der Waals surface area contributed by atoms with Gasteiger partial charge in [-0.3, -0.25) is 9.52 Å². The van der Waals surface area contributed by atoms with Gasteiger partial charge in [-0.1, -0.05) is 43.9 Å². The number of sulfonamides is 1. The normalized spacial score (nSPS) is 22.5. The summed E-state index contributed by atoms with van der Waals surface area (Å²) in [7, 11) is -2.15. The molecule has 0 saturated heterocycles. The SMILES string of the molecule is Cc1ccc(S(=O)(=O)Nc2ccc3c(c2)C(=O)N([C@@H](C)CO)C[C@@H](C)[C@H](CN(C)C(=O)NC2CCCCC2)OCCCC[C@H](C)O3)cc1. The minimum Gasteiger partial charge on any atom is -0.490 e. The van der Waals surface area contributed by atoms with E-state index in [4.69, 9.17) is 9.47 Å². The van der Waals surface area contributed by atoms with Crippen LogP contribution >= 0.6 is 0 Å². The summed E-state index contributed by atoms with van der Waals surface area (Å²) in [6.07, 6.45) is 7.21. The monoisotopic (exact) mass is 686 g/mol. The van der Waals surface area contributed by atoms with Gasteiger partial charge in [0.1, 0.15) is 5.75 Å². The van der Waals surface area contributed by atoms with Gasteiger partial charge in [-0.2, -0.15) is 0 Å². The Kier molecular flexibility index (Phi) is 13.5. The molecule has 3 amide bonds. The summed E-state index contributed by atoms with van der Waals surface area (Å²) in [5, 5.41) is 13.4. The molecule has 266 valence electrons. The number of carbonyl (C=O) groups is 2. The number of hydrogen-bond acceptors (Lipinski definition) is 7. The summed E-state index contributed by atoms with van der Waals surface area (Å²) in [4.78, 5) is 30.9. The molecule has 0 bridgehead atoms. The van der Waals surface area contributed by atoms with Crippen LogP contribution < -0.4 is 14.8 Å². The Labute approximate surface area is 286 Å². The third-order valence-corrected chi connectivity index (χ3v) is 10.8. The third kappa shape index (κ3) is 10.3. The van der Waals surface area contributed by atoms with Gasteiger partial charge in [0.05, 0.1) is 35.3 Å². The molecule has 2 aromatic carbocycles. The molecule has 1 aliphatic carbocycles. The molecule has 4 atom stereocenters. The van der Waals surface area contributed by atoms with Gasteiger partial charge in [-0.15, -0.1) is 0 Å². The van der Waals surface area contributed by atoms with Gasteiger partial charge in [-0.05, 0) is 83.2 Å². The number of anilines is 1. The first-order valence-electron chi connectivity index (χ1n) is 17.3. The Balaban J connectivity index is 1.61. The van der Waals surface area contributed by atoms with Crippen molar-refractivity contribution >= 4 is 27.6 Å². The highest BCUT2D eigenvalue weighted by Crippen LogP contribution is 2.30. The quantitative estimate of drug-likeness (QED) is 0.331. The van der Waals surface area contributed by atoms with Crippen LogP contribution in [0.5, 0.6) is 5.75 Å². The topological polar surface area (TPSA) is 138 Å². The van der Waals surface area contributed by atoms with Gasteiger partial charge in [0, 0.05) is 44.4 Å². The summed E-state index contributed by atoms with van der Waals surface area (Å²) in [6.45, 7) is 8.37. The molecule has 2 aromatic rings. The van der Waals surface area contributed by atoms with E-state index in [0.717, 1.165) is 50.5 Å². The van der Waals surface area contributed by atoms with Gasteiger partial charge in [0.25, 0.3) is 15.9 Å². The van der Waals surface area contributed by atoms with Crippen LogP contribution in [0.25, 0.3) is 0 Å². The molecular formula is C36H54N4O7S. The lowest BCUT2D eigenvalue weighted by molar-refractivity contribution is -0.0123. The van der Waals surface area contributed by atoms with Crippen molar-refractivity contribution < 1.29 is 32.6 Å². The van der Waals surface area contributed by atoms with E-state index >= 15 is 0 Å². The summed E-state index contributed by atoms with van der Waals surface area (Å²) in [5.74, 6) is -0.263. The standard InChI is InChI=1S/C36H54N4O7S/c1-25-14-17-31(18-15-25)48(44,45)38-30-16-19-33-32(21-30)35(42)40(27(3)24-41)22-26(2)34(46-20-10-9-11-28(4)47-33)23-39(5)36(43)37-29-12-7-6-8-13-29/h14-19,21,26-29,34,38,41H,6-13,20,22-24H2,1-5H3,(H,37,43)/t26-,27+,28+,34+/m1/s1. The average molecular weight is 687 g/mol. The summed E-state index contributed by atoms with van der Waals surface area (Å²) < 4.78 is 41.7. The van der Waals surface area contributed by atoms with Crippen LogP contribution in [0.4, 0.5) is 10.5 Å². The number of carbonyl (C=O) groups excluding carboxylic acids is 2. The summed E-state index contributed by atoms with van der Waals surface area (Å²) in [5.41, 5.74) is 1.35. The molecule has 1 fully saturated rings. The van der Waals surface area contributed by atoms with Crippen molar-refractivity contribution in [3.8, 4) is 5.75 Å².